The second-order valence-electron chi connectivity index (χ2n) is 5.04. The number of anilines is 1. The molecule has 3 aromatic rings. The minimum absolute atomic E-state index is 0.0205. The van der Waals surface area contributed by atoms with Crippen LogP contribution in [0.2, 0.25) is 0 Å². The summed E-state index contributed by atoms with van der Waals surface area (Å²) < 4.78 is 5.45. The topological polar surface area (TPSA) is 68.0 Å². The predicted molar refractivity (Wildman–Crippen MR) is 88.1 cm³/mol. The number of carbonyl (C=O) groups is 1. The van der Waals surface area contributed by atoms with Gasteiger partial charge in [-0.2, -0.15) is 0 Å². The minimum Gasteiger partial charge on any atom is -0.403 e. The van der Waals surface area contributed by atoms with E-state index in [1.54, 1.807) is 12.1 Å². The Morgan fingerprint density at radius 3 is 2.48 bits per heavy atom. The van der Waals surface area contributed by atoms with Gasteiger partial charge in [-0.3, -0.25) is 10.1 Å². The van der Waals surface area contributed by atoms with Crippen molar-refractivity contribution in [2.45, 2.75) is 12.3 Å². The fourth-order valence-corrected chi connectivity index (χ4v) is 2.23. The second-order valence-corrected chi connectivity index (χ2v) is 5.48. The number of nitrogens with zero attached hydrogens (tertiary/aromatic N) is 2. The third-order valence-electron chi connectivity index (χ3n) is 3.28. The van der Waals surface area contributed by atoms with E-state index in [4.69, 9.17) is 16.0 Å². The van der Waals surface area contributed by atoms with Crippen LogP contribution in [0.5, 0.6) is 0 Å². The standard InChI is InChI=1S/C17H14ClN3O2/c1-11-7-9-13(10-8-11)16-20-21-17(23-16)19-15(22)14(18)12-5-3-2-4-6-12/h2-10,14H,1H3,(H,19,21,22). The number of aromatic nitrogens is 2. The van der Waals surface area contributed by atoms with Gasteiger partial charge in [0, 0.05) is 5.56 Å². The van der Waals surface area contributed by atoms with Crippen LogP contribution in [-0.4, -0.2) is 16.1 Å². The SMILES string of the molecule is Cc1ccc(-c2nnc(NC(=O)C(Cl)c3ccccc3)o2)cc1. The number of rotatable bonds is 4. The molecule has 2 aromatic carbocycles. The zero-order chi connectivity index (χ0) is 16.2. The number of hydrogen-bond acceptors (Lipinski definition) is 4. The number of benzene rings is 2. The van der Waals surface area contributed by atoms with E-state index >= 15 is 0 Å². The molecule has 0 saturated carbocycles. The van der Waals surface area contributed by atoms with Crippen molar-refractivity contribution >= 4 is 23.5 Å². The van der Waals surface area contributed by atoms with Gasteiger partial charge >= 0.3 is 6.01 Å². The molecule has 0 aliphatic heterocycles. The second kappa shape index (κ2) is 6.62. The lowest BCUT2D eigenvalue weighted by Gasteiger charge is -2.07. The number of carbonyl (C=O) groups excluding carboxylic acids is 1. The van der Waals surface area contributed by atoms with Crippen LogP contribution in [0.3, 0.4) is 0 Å². The Labute approximate surface area is 138 Å². The molecule has 1 N–H and O–H groups in total. The Morgan fingerprint density at radius 2 is 1.78 bits per heavy atom. The Hall–Kier alpha value is -2.66. The van der Waals surface area contributed by atoms with E-state index < -0.39 is 11.3 Å². The summed E-state index contributed by atoms with van der Waals surface area (Å²) in [4.78, 5) is 12.1. The van der Waals surface area contributed by atoms with E-state index in [0.717, 1.165) is 11.1 Å². The predicted octanol–water partition coefficient (Wildman–Crippen LogP) is 3.96. The van der Waals surface area contributed by atoms with Crippen molar-refractivity contribution < 1.29 is 9.21 Å². The van der Waals surface area contributed by atoms with Crippen molar-refractivity contribution in [3.05, 3.63) is 65.7 Å². The Kier molecular flexibility index (Phi) is 4.39. The number of aryl methyl sites for hydroxylation is 1. The summed E-state index contributed by atoms with van der Waals surface area (Å²) in [5.74, 6) is -0.0805. The lowest BCUT2D eigenvalue weighted by Crippen LogP contribution is -2.17. The van der Waals surface area contributed by atoms with Crippen LogP contribution in [0.4, 0.5) is 6.01 Å². The van der Waals surface area contributed by atoms with E-state index in [9.17, 15) is 4.79 Å². The van der Waals surface area contributed by atoms with Crippen molar-refractivity contribution in [3.8, 4) is 11.5 Å². The van der Waals surface area contributed by atoms with E-state index in [1.165, 1.54) is 0 Å². The molecule has 5 nitrogen and oxygen atoms in total. The van der Waals surface area contributed by atoms with Crippen LogP contribution in [0, 0.1) is 6.92 Å². The van der Waals surface area contributed by atoms with Crippen LogP contribution in [-0.2, 0) is 4.79 Å². The summed E-state index contributed by atoms with van der Waals surface area (Å²) in [5.41, 5.74) is 2.62. The van der Waals surface area contributed by atoms with Crippen molar-refractivity contribution in [1.82, 2.24) is 10.2 Å². The van der Waals surface area contributed by atoms with Crippen LogP contribution < -0.4 is 5.32 Å². The lowest BCUT2D eigenvalue weighted by molar-refractivity contribution is -0.116. The van der Waals surface area contributed by atoms with E-state index in [-0.39, 0.29) is 6.01 Å². The molecule has 0 aliphatic rings. The first-order valence-corrected chi connectivity index (χ1v) is 7.47. The summed E-state index contributed by atoms with van der Waals surface area (Å²) in [6.07, 6.45) is 0. The number of halogens is 1. The third-order valence-corrected chi connectivity index (χ3v) is 3.73. The first-order chi connectivity index (χ1) is 11.1. The van der Waals surface area contributed by atoms with Crippen molar-refractivity contribution in [3.63, 3.8) is 0 Å². The van der Waals surface area contributed by atoms with Gasteiger partial charge in [-0.05, 0) is 24.6 Å². The number of hydrogen-bond donors (Lipinski definition) is 1. The molecule has 0 radical (unpaired) electrons. The maximum Gasteiger partial charge on any atom is 0.322 e. The maximum atomic E-state index is 12.1. The lowest BCUT2D eigenvalue weighted by atomic mass is 10.1. The van der Waals surface area contributed by atoms with Gasteiger partial charge in [0.1, 0.15) is 5.38 Å². The highest BCUT2D eigenvalue weighted by molar-refractivity contribution is 6.32. The molecular weight excluding hydrogens is 314 g/mol. The Balaban J connectivity index is 1.71. The first-order valence-electron chi connectivity index (χ1n) is 7.04. The molecule has 1 amide bonds. The first kappa shape index (κ1) is 15.2. The van der Waals surface area contributed by atoms with Crippen LogP contribution in [0.25, 0.3) is 11.5 Å². The van der Waals surface area contributed by atoms with Crippen LogP contribution in [0.1, 0.15) is 16.5 Å². The average Bonchev–Trinajstić information content (AvgIpc) is 3.04. The fourth-order valence-electron chi connectivity index (χ4n) is 2.03. The highest BCUT2D eigenvalue weighted by atomic mass is 35.5. The highest BCUT2D eigenvalue weighted by Crippen LogP contribution is 2.24. The number of nitrogens with one attached hydrogen (secondary N) is 1. The van der Waals surface area contributed by atoms with Gasteiger partial charge in [0.15, 0.2) is 0 Å². The van der Waals surface area contributed by atoms with Crippen molar-refractivity contribution in [1.29, 1.82) is 0 Å². The molecule has 0 saturated heterocycles. The minimum atomic E-state index is -0.828. The molecule has 23 heavy (non-hydrogen) atoms. The molecule has 0 aliphatic carbocycles. The van der Waals surface area contributed by atoms with E-state index in [2.05, 4.69) is 15.5 Å². The quantitative estimate of drug-likeness (QED) is 0.736. The summed E-state index contributed by atoms with van der Waals surface area (Å²) in [6.45, 7) is 1.99. The zero-order valence-corrected chi connectivity index (χ0v) is 13.1. The molecule has 3 rings (SSSR count). The van der Waals surface area contributed by atoms with Gasteiger partial charge in [-0.15, -0.1) is 16.7 Å². The average molecular weight is 328 g/mol. The van der Waals surface area contributed by atoms with Gasteiger partial charge < -0.3 is 4.42 Å². The smallest absolute Gasteiger partial charge is 0.322 e. The normalized spacial score (nSPS) is 11.9. The van der Waals surface area contributed by atoms with Gasteiger partial charge in [0.2, 0.25) is 5.89 Å². The molecule has 1 unspecified atom stereocenters. The van der Waals surface area contributed by atoms with Crippen molar-refractivity contribution in [2.75, 3.05) is 5.32 Å². The molecule has 6 heteroatoms. The Bertz CT molecular complexity index is 800. The van der Waals surface area contributed by atoms with Gasteiger partial charge in [-0.25, -0.2) is 0 Å². The number of alkyl halides is 1. The molecule has 1 atom stereocenters. The maximum absolute atomic E-state index is 12.1. The van der Waals surface area contributed by atoms with Crippen LogP contribution >= 0.6 is 11.6 Å². The summed E-state index contributed by atoms with van der Waals surface area (Å²) in [6, 6.07) is 16.7. The molecule has 0 spiro atoms. The Morgan fingerprint density at radius 1 is 1.09 bits per heavy atom. The molecule has 0 fully saturated rings. The highest BCUT2D eigenvalue weighted by Gasteiger charge is 2.20. The zero-order valence-electron chi connectivity index (χ0n) is 12.4. The van der Waals surface area contributed by atoms with Gasteiger partial charge in [0.25, 0.3) is 5.91 Å². The summed E-state index contributed by atoms with van der Waals surface area (Å²) in [7, 11) is 0. The monoisotopic (exact) mass is 327 g/mol. The summed E-state index contributed by atoms with van der Waals surface area (Å²) in [5, 5.41) is 9.45. The van der Waals surface area contributed by atoms with Crippen LogP contribution in [0.15, 0.2) is 59.0 Å². The number of amides is 1. The molecule has 1 heterocycles. The molecular formula is C17H14ClN3O2. The summed E-state index contributed by atoms with van der Waals surface area (Å²) >= 11 is 6.15. The van der Waals surface area contributed by atoms with E-state index in [1.807, 2.05) is 49.4 Å². The third kappa shape index (κ3) is 3.57. The van der Waals surface area contributed by atoms with Crippen molar-refractivity contribution in [2.24, 2.45) is 0 Å². The molecule has 0 bridgehead atoms. The van der Waals surface area contributed by atoms with Gasteiger partial charge in [-0.1, -0.05) is 53.1 Å². The largest absolute Gasteiger partial charge is 0.403 e. The van der Waals surface area contributed by atoms with Gasteiger partial charge in [0.05, 0.1) is 0 Å². The van der Waals surface area contributed by atoms with E-state index in [0.29, 0.717) is 11.5 Å². The fraction of sp³-hybridized carbons (Fsp3) is 0.118. The molecule has 1 aromatic heterocycles. The molecule has 116 valence electrons.